The van der Waals surface area contributed by atoms with Gasteiger partial charge in [0.15, 0.2) is 0 Å². The molecule has 0 heterocycles. The van der Waals surface area contributed by atoms with Crippen LogP contribution in [0.3, 0.4) is 0 Å². The highest BCUT2D eigenvalue weighted by Gasteiger charge is 2.13. The SMILES string of the molecule is CCOC(=O)c1ccc(Cl)c(N)c1C. The second kappa shape index (κ2) is 4.33. The van der Waals surface area contributed by atoms with Crippen molar-refractivity contribution < 1.29 is 9.53 Å². The second-order valence-electron chi connectivity index (χ2n) is 2.85. The largest absolute Gasteiger partial charge is 0.462 e. The van der Waals surface area contributed by atoms with Gasteiger partial charge in [-0.15, -0.1) is 0 Å². The molecule has 1 aromatic rings. The van der Waals surface area contributed by atoms with E-state index in [2.05, 4.69) is 0 Å². The topological polar surface area (TPSA) is 52.3 Å². The molecule has 76 valence electrons. The lowest BCUT2D eigenvalue weighted by molar-refractivity contribution is 0.0525. The molecule has 1 aromatic carbocycles. The molecule has 0 aromatic heterocycles. The van der Waals surface area contributed by atoms with Gasteiger partial charge in [0, 0.05) is 0 Å². The third kappa shape index (κ3) is 1.99. The van der Waals surface area contributed by atoms with Gasteiger partial charge in [-0.2, -0.15) is 0 Å². The van der Waals surface area contributed by atoms with E-state index in [0.29, 0.717) is 28.4 Å². The summed E-state index contributed by atoms with van der Waals surface area (Å²) in [7, 11) is 0. The van der Waals surface area contributed by atoms with Gasteiger partial charge in [-0.1, -0.05) is 11.6 Å². The van der Waals surface area contributed by atoms with Crippen molar-refractivity contribution in [3.05, 3.63) is 28.3 Å². The predicted octanol–water partition coefficient (Wildman–Crippen LogP) is 2.41. The van der Waals surface area contributed by atoms with Crippen LogP contribution in [-0.2, 0) is 4.74 Å². The number of hydrogen-bond donors (Lipinski definition) is 1. The van der Waals surface area contributed by atoms with Crippen LogP contribution in [0.1, 0.15) is 22.8 Å². The Morgan fingerprint density at radius 3 is 2.79 bits per heavy atom. The zero-order chi connectivity index (χ0) is 10.7. The fourth-order valence-corrected chi connectivity index (χ4v) is 1.33. The Bertz CT molecular complexity index is 363. The molecule has 0 unspecified atom stereocenters. The van der Waals surface area contributed by atoms with Crippen molar-refractivity contribution in [2.45, 2.75) is 13.8 Å². The summed E-state index contributed by atoms with van der Waals surface area (Å²) in [4.78, 5) is 11.4. The number of nitrogen functional groups attached to an aromatic ring is 1. The first-order chi connectivity index (χ1) is 6.57. The normalized spacial score (nSPS) is 9.93. The molecule has 0 radical (unpaired) electrons. The standard InChI is InChI=1S/C10H12ClNO2/c1-3-14-10(13)7-4-5-8(11)9(12)6(7)2/h4-5H,3,12H2,1-2H3. The van der Waals surface area contributed by atoms with Crippen molar-refractivity contribution in [1.82, 2.24) is 0 Å². The summed E-state index contributed by atoms with van der Waals surface area (Å²) in [5.41, 5.74) is 7.23. The van der Waals surface area contributed by atoms with Crippen LogP contribution in [0.25, 0.3) is 0 Å². The number of nitrogens with two attached hydrogens (primary N) is 1. The number of ether oxygens (including phenoxy) is 1. The molecule has 4 heteroatoms. The van der Waals surface area contributed by atoms with E-state index < -0.39 is 0 Å². The maximum atomic E-state index is 11.4. The molecule has 0 spiro atoms. The van der Waals surface area contributed by atoms with Gasteiger partial charge in [0.05, 0.1) is 22.9 Å². The molecule has 0 amide bonds. The maximum Gasteiger partial charge on any atom is 0.338 e. The number of carbonyl (C=O) groups is 1. The molecule has 14 heavy (non-hydrogen) atoms. The molecular formula is C10H12ClNO2. The average molecular weight is 214 g/mol. The quantitative estimate of drug-likeness (QED) is 0.606. The van der Waals surface area contributed by atoms with Gasteiger partial charge >= 0.3 is 5.97 Å². The van der Waals surface area contributed by atoms with Crippen LogP contribution in [0.5, 0.6) is 0 Å². The van der Waals surface area contributed by atoms with Crippen molar-refractivity contribution in [3.8, 4) is 0 Å². The van der Waals surface area contributed by atoms with Crippen LogP contribution < -0.4 is 5.73 Å². The van der Waals surface area contributed by atoms with Crippen molar-refractivity contribution in [1.29, 1.82) is 0 Å². The van der Waals surface area contributed by atoms with Gasteiger partial charge in [-0.3, -0.25) is 0 Å². The van der Waals surface area contributed by atoms with Gasteiger partial charge in [0.25, 0.3) is 0 Å². The van der Waals surface area contributed by atoms with Crippen LogP contribution in [0, 0.1) is 6.92 Å². The summed E-state index contributed by atoms with van der Waals surface area (Å²) in [6.45, 7) is 3.85. The first-order valence-electron chi connectivity index (χ1n) is 4.29. The van der Waals surface area contributed by atoms with Crippen molar-refractivity contribution >= 4 is 23.3 Å². The summed E-state index contributed by atoms with van der Waals surface area (Å²) in [5.74, 6) is -0.367. The number of halogens is 1. The Morgan fingerprint density at radius 1 is 1.57 bits per heavy atom. The number of rotatable bonds is 2. The van der Waals surface area contributed by atoms with E-state index in [1.54, 1.807) is 26.0 Å². The highest BCUT2D eigenvalue weighted by atomic mass is 35.5. The van der Waals surface area contributed by atoms with Gasteiger partial charge < -0.3 is 10.5 Å². The lowest BCUT2D eigenvalue weighted by Gasteiger charge is -2.08. The molecule has 3 nitrogen and oxygen atoms in total. The maximum absolute atomic E-state index is 11.4. The summed E-state index contributed by atoms with van der Waals surface area (Å²) in [6.07, 6.45) is 0. The Kier molecular flexibility index (Phi) is 3.36. The van der Waals surface area contributed by atoms with E-state index in [1.807, 2.05) is 0 Å². The average Bonchev–Trinajstić information content (AvgIpc) is 2.15. The number of esters is 1. The highest BCUT2D eigenvalue weighted by Crippen LogP contribution is 2.25. The molecule has 0 aliphatic rings. The molecule has 0 saturated heterocycles. The van der Waals surface area contributed by atoms with Crippen molar-refractivity contribution in [3.63, 3.8) is 0 Å². The Morgan fingerprint density at radius 2 is 2.21 bits per heavy atom. The Labute approximate surface area is 87.8 Å². The minimum atomic E-state index is -0.367. The lowest BCUT2D eigenvalue weighted by Crippen LogP contribution is -2.08. The number of carbonyl (C=O) groups excluding carboxylic acids is 1. The summed E-state index contributed by atoms with van der Waals surface area (Å²) in [5, 5.41) is 0.454. The molecule has 0 aliphatic carbocycles. The molecule has 0 bridgehead atoms. The highest BCUT2D eigenvalue weighted by molar-refractivity contribution is 6.33. The van der Waals surface area contributed by atoms with Gasteiger partial charge in [-0.25, -0.2) is 4.79 Å². The van der Waals surface area contributed by atoms with Gasteiger partial charge in [0.2, 0.25) is 0 Å². The van der Waals surface area contributed by atoms with E-state index in [0.717, 1.165) is 0 Å². The molecule has 0 atom stereocenters. The zero-order valence-corrected chi connectivity index (χ0v) is 8.89. The third-order valence-corrected chi connectivity index (χ3v) is 2.29. The van der Waals surface area contributed by atoms with Gasteiger partial charge in [-0.05, 0) is 31.5 Å². The van der Waals surface area contributed by atoms with Gasteiger partial charge in [0.1, 0.15) is 0 Å². The van der Waals surface area contributed by atoms with Crippen LogP contribution >= 0.6 is 11.6 Å². The summed E-state index contributed by atoms with van der Waals surface area (Å²) >= 11 is 5.79. The zero-order valence-electron chi connectivity index (χ0n) is 8.13. The first-order valence-corrected chi connectivity index (χ1v) is 4.67. The number of anilines is 1. The Hall–Kier alpha value is -1.22. The van der Waals surface area contributed by atoms with Crippen molar-refractivity contribution in [2.75, 3.05) is 12.3 Å². The summed E-state index contributed by atoms with van der Waals surface area (Å²) < 4.78 is 4.87. The predicted molar refractivity (Wildman–Crippen MR) is 56.6 cm³/mol. The van der Waals surface area contributed by atoms with Crippen LogP contribution in [0.4, 0.5) is 5.69 Å². The van der Waals surface area contributed by atoms with E-state index >= 15 is 0 Å². The molecule has 2 N–H and O–H groups in total. The Balaban J connectivity index is 3.11. The van der Waals surface area contributed by atoms with Crippen molar-refractivity contribution in [2.24, 2.45) is 0 Å². The fourth-order valence-electron chi connectivity index (χ4n) is 1.13. The lowest BCUT2D eigenvalue weighted by atomic mass is 10.1. The minimum Gasteiger partial charge on any atom is -0.462 e. The van der Waals surface area contributed by atoms with Crippen LogP contribution in [0.2, 0.25) is 5.02 Å². The first kappa shape index (κ1) is 10.9. The molecule has 0 saturated carbocycles. The second-order valence-corrected chi connectivity index (χ2v) is 3.26. The molecule has 0 aliphatic heterocycles. The minimum absolute atomic E-state index is 0.348. The van der Waals surface area contributed by atoms with E-state index in [-0.39, 0.29) is 5.97 Å². The van der Waals surface area contributed by atoms with E-state index in [4.69, 9.17) is 22.1 Å². The van der Waals surface area contributed by atoms with Crippen LogP contribution in [0.15, 0.2) is 12.1 Å². The fraction of sp³-hybridized carbons (Fsp3) is 0.300. The van der Waals surface area contributed by atoms with Crippen LogP contribution in [-0.4, -0.2) is 12.6 Å². The number of hydrogen-bond acceptors (Lipinski definition) is 3. The number of benzene rings is 1. The molecular weight excluding hydrogens is 202 g/mol. The third-order valence-electron chi connectivity index (χ3n) is 1.96. The smallest absolute Gasteiger partial charge is 0.338 e. The van der Waals surface area contributed by atoms with E-state index in [1.165, 1.54) is 0 Å². The van der Waals surface area contributed by atoms with E-state index in [9.17, 15) is 4.79 Å². The molecule has 0 fully saturated rings. The molecule has 1 rings (SSSR count). The monoisotopic (exact) mass is 213 g/mol. The summed E-state index contributed by atoms with van der Waals surface area (Å²) in [6, 6.07) is 3.21.